The van der Waals surface area contributed by atoms with Crippen LogP contribution in [0.3, 0.4) is 0 Å². The van der Waals surface area contributed by atoms with E-state index in [1.54, 1.807) is 6.07 Å². The molecule has 2 rings (SSSR count). The van der Waals surface area contributed by atoms with Gasteiger partial charge in [-0.1, -0.05) is 22.9 Å². The van der Waals surface area contributed by atoms with Crippen LogP contribution < -0.4 is 5.73 Å². The lowest BCUT2D eigenvalue weighted by Gasteiger charge is -1.93. The Labute approximate surface area is 83.4 Å². The number of anilines is 1. The summed E-state index contributed by atoms with van der Waals surface area (Å²) in [5.74, 6) is 0. The third-order valence-corrected chi connectivity index (χ3v) is 2.80. The van der Waals surface area contributed by atoms with Crippen LogP contribution in [0.1, 0.15) is 5.56 Å². The monoisotopic (exact) mass is 209 g/mol. The number of aromatic nitrogens is 1. The summed E-state index contributed by atoms with van der Waals surface area (Å²) in [7, 11) is 0. The number of hydrogen-bond donors (Lipinski definition) is 1. The lowest BCUT2D eigenvalue weighted by atomic mass is 10.2. The van der Waals surface area contributed by atoms with Crippen LogP contribution >= 0.6 is 22.9 Å². The highest BCUT2D eigenvalue weighted by atomic mass is 35.5. The minimum Gasteiger partial charge on any atom is -0.375 e. The van der Waals surface area contributed by atoms with E-state index in [1.165, 1.54) is 11.3 Å². The van der Waals surface area contributed by atoms with Gasteiger partial charge in [-0.3, -0.25) is 0 Å². The van der Waals surface area contributed by atoms with Crippen LogP contribution in [0.2, 0.25) is 5.02 Å². The van der Waals surface area contributed by atoms with Crippen molar-refractivity contribution >= 4 is 38.3 Å². The van der Waals surface area contributed by atoms with Crippen LogP contribution in [-0.4, -0.2) is 4.98 Å². The molecule has 0 aliphatic heterocycles. The first-order valence-electron chi connectivity index (χ1n) is 3.47. The first-order chi connectivity index (χ1) is 6.22. The zero-order chi connectivity index (χ0) is 9.42. The molecule has 0 aliphatic carbocycles. The largest absolute Gasteiger partial charge is 0.375 e. The molecule has 1 heterocycles. The van der Waals surface area contributed by atoms with Crippen molar-refractivity contribution in [3.05, 3.63) is 22.7 Å². The van der Waals surface area contributed by atoms with Gasteiger partial charge in [0.1, 0.15) is 11.6 Å². The molecule has 0 atom stereocenters. The molecule has 2 aromatic rings. The predicted molar refractivity (Wildman–Crippen MR) is 53.8 cm³/mol. The molecular weight excluding hydrogens is 206 g/mol. The minimum absolute atomic E-state index is 0.395. The molecule has 0 amide bonds. The number of hydrogen-bond acceptors (Lipinski definition) is 4. The maximum absolute atomic E-state index is 8.82. The molecule has 13 heavy (non-hydrogen) atoms. The molecule has 0 saturated heterocycles. The zero-order valence-corrected chi connectivity index (χ0v) is 7.99. The highest BCUT2D eigenvalue weighted by Crippen LogP contribution is 2.30. The van der Waals surface area contributed by atoms with Gasteiger partial charge in [0.05, 0.1) is 15.3 Å². The van der Waals surface area contributed by atoms with Gasteiger partial charge in [0.25, 0.3) is 0 Å². The fraction of sp³-hybridized carbons (Fsp3) is 0. The molecule has 0 spiro atoms. The van der Waals surface area contributed by atoms with Crippen LogP contribution in [0.5, 0.6) is 0 Å². The van der Waals surface area contributed by atoms with Gasteiger partial charge in [0.2, 0.25) is 0 Å². The molecule has 2 N–H and O–H groups in total. The highest BCUT2D eigenvalue weighted by molar-refractivity contribution is 7.22. The maximum Gasteiger partial charge on any atom is 0.181 e. The minimum atomic E-state index is 0.395. The van der Waals surface area contributed by atoms with Gasteiger partial charge in [-0.25, -0.2) is 4.98 Å². The Kier molecular flexibility index (Phi) is 1.83. The molecule has 0 saturated carbocycles. The second kappa shape index (κ2) is 2.87. The molecule has 1 aromatic carbocycles. The van der Waals surface area contributed by atoms with Crippen LogP contribution in [0, 0.1) is 11.3 Å². The number of thiazole rings is 1. The third kappa shape index (κ3) is 1.22. The van der Waals surface area contributed by atoms with Crippen molar-refractivity contribution in [3.8, 4) is 6.07 Å². The Morgan fingerprint density at radius 1 is 1.54 bits per heavy atom. The molecule has 0 fully saturated rings. The van der Waals surface area contributed by atoms with Crippen LogP contribution in [0.4, 0.5) is 5.13 Å². The molecular formula is C8H4ClN3S. The maximum atomic E-state index is 8.82. The highest BCUT2D eigenvalue weighted by Gasteiger charge is 2.09. The number of nitrogens with two attached hydrogens (primary N) is 1. The standard InChI is InChI=1S/C8H4ClN3S/c9-5-1-2-6-7(4(5)3-10)12-8(11)13-6/h1-2H,(H2,11,12). The molecule has 3 nitrogen and oxygen atoms in total. The van der Waals surface area contributed by atoms with E-state index in [2.05, 4.69) is 4.98 Å². The Balaban J connectivity index is 2.93. The number of rotatable bonds is 0. The molecule has 0 radical (unpaired) electrons. The van der Waals surface area contributed by atoms with Gasteiger partial charge < -0.3 is 5.73 Å². The molecule has 0 aliphatic rings. The number of benzene rings is 1. The lowest BCUT2D eigenvalue weighted by Crippen LogP contribution is -1.82. The molecule has 5 heteroatoms. The SMILES string of the molecule is N#Cc1c(Cl)ccc2sc(N)nc12. The Morgan fingerprint density at radius 2 is 2.31 bits per heavy atom. The van der Waals surface area contributed by atoms with Gasteiger partial charge in [-0.15, -0.1) is 0 Å². The van der Waals surface area contributed by atoms with Crippen LogP contribution in [0.15, 0.2) is 12.1 Å². The summed E-state index contributed by atoms with van der Waals surface area (Å²) in [5, 5.41) is 9.68. The van der Waals surface area contributed by atoms with Crippen molar-refractivity contribution in [1.82, 2.24) is 4.98 Å². The Hall–Kier alpha value is -1.31. The lowest BCUT2D eigenvalue weighted by molar-refractivity contribution is 1.45. The van der Waals surface area contributed by atoms with Gasteiger partial charge in [0.15, 0.2) is 5.13 Å². The molecule has 1 aromatic heterocycles. The molecule has 0 unspecified atom stereocenters. The van der Waals surface area contributed by atoms with E-state index in [9.17, 15) is 0 Å². The van der Waals surface area contributed by atoms with Crippen molar-refractivity contribution < 1.29 is 0 Å². The smallest absolute Gasteiger partial charge is 0.181 e. The van der Waals surface area contributed by atoms with Crippen molar-refractivity contribution in [2.75, 3.05) is 5.73 Å². The van der Waals surface area contributed by atoms with Crippen LogP contribution in [0.25, 0.3) is 10.2 Å². The fourth-order valence-corrected chi connectivity index (χ4v) is 2.03. The number of nitrogen functional groups attached to an aromatic ring is 1. The van der Waals surface area contributed by atoms with Crippen LogP contribution in [-0.2, 0) is 0 Å². The second-order valence-electron chi connectivity index (χ2n) is 2.43. The quantitative estimate of drug-likeness (QED) is 0.725. The van der Waals surface area contributed by atoms with E-state index in [4.69, 9.17) is 22.6 Å². The Bertz CT molecular complexity index is 512. The van der Waals surface area contributed by atoms with Gasteiger partial charge >= 0.3 is 0 Å². The topological polar surface area (TPSA) is 62.7 Å². The Morgan fingerprint density at radius 3 is 3.00 bits per heavy atom. The summed E-state index contributed by atoms with van der Waals surface area (Å²) in [6.07, 6.45) is 0. The normalized spacial score (nSPS) is 10.2. The summed E-state index contributed by atoms with van der Waals surface area (Å²) >= 11 is 7.16. The predicted octanol–water partition coefficient (Wildman–Crippen LogP) is 2.40. The summed E-state index contributed by atoms with van der Waals surface area (Å²) in [6, 6.07) is 5.50. The number of nitrogens with zero attached hydrogens (tertiary/aromatic N) is 2. The van der Waals surface area contributed by atoms with Crippen molar-refractivity contribution in [2.45, 2.75) is 0 Å². The first-order valence-corrected chi connectivity index (χ1v) is 4.66. The van der Waals surface area contributed by atoms with E-state index >= 15 is 0 Å². The second-order valence-corrected chi connectivity index (χ2v) is 3.90. The number of halogens is 1. The van der Waals surface area contributed by atoms with E-state index in [0.29, 0.717) is 21.2 Å². The molecule has 64 valence electrons. The fourth-order valence-electron chi connectivity index (χ4n) is 1.09. The van der Waals surface area contributed by atoms with Gasteiger partial charge in [-0.2, -0.15) is 5.26 Å². The van der Waals surface area contributed by atoms with Crippen molar-refractivity contribution in [3.63, 3.8) is 0 Å². The van der Waals surface area contributed by atoms with E-state index in [-0.39, 0.29) is 0 Å². The average Bonchev–Trinajstić information content (AvgIpc) is 2.45. The van der Waals surface area contributed by atoms with Gasteiger partial charge in [-0.05, 0) is 12.1 Å². The van der Waals surface area contributed by atoms with E-state index in [0.717, 1.165) is 4.70 Å². The average molecular weight is 210 g/mol. The summed E-state index contributed by atoms with van der Waals surface area (Å²) in [5.41, 5.74) is 6.51. The zero-order valence-electron chi connectivity index (χ0n) is 6.41. The first kappa shape index (κ1) is 8.30. The van der Waals surface area contributed by atoms with E-state index < -0.39 is 0 Å². The third-order valence-electron chi connectivity index (χ3n) is 1.64. The summed E-state index contributed by atoms with van der Waals surface area (Å²) < 4.78 is 0.887. The van der Waals surface area contributed by atoms with Gasteiger partial charge in [0, 0.05) is 0 Å². The van der Waals surface area contributed by atoms with Crippen molar-refractivity contribution in [1.29, 1.82) is 5.26 Å². The number of nitriles is 1. The summed E-state index contributed by atoms with van der Waals surface area (Å²) in [4.78, 5) is 4.03. The van der Waals surface area contributed by atoms with E-state index in [1.807, 2.05) is 12.1 Å². The molecule has 0 bridgehead atoms. The summed E-state index contributed by atoms with van der Waals surface area (Å²) in [6.45, 7) is 0. The number of fused-ring (bicyclic) bond motifs is 1. The van der Waals surface area contributed by atoms with Crippen molar-refractivity contribution in [2.24, 2.45) is 0 Å².